The topological polar surface area (TPSA) is 34.1 Å². The Morgan fingerprint density at radius 3 is 1.85 bits per heavy atom. The zero-order valence-corrected chi connectivity index (χ0v) is 9.00. The molecule has 6 heteroatoms. The van der Waals surface area contributed by atoms with Gasteiger partial charge in [0.25, 0.3) is 0 Å². The fraction of sp³-hybridized carbons (Fsp3) is 0.143. The summed E-state index contributed by atoms with van der Waals surface area (Å²) in [7, 11) is 4.81. The van der Waals surface area contributed by atoms with Gasteiger partial charge in [0, 0.05) is 21.4 Å². The highest BCUT2D eigenvalue weighted by molar-refractivity contribution is 8.31. The van der Waals surface area contributed by atoms with E-state index in [4.69, 9.17) is 8.42 Å². The molecule has 0 radical (unpaired) electrons. The monoisotopic (exact) mass is 244 g/mol. The van der Waals surface area contributed by atoms with Crippen LogP contribution in [0.4, 0.5) is 4.39 Å². The maximum atomic E-state index is 12.3. The summed E-state index contributed by atoms with van der Waals surface area (Å²) >= 11 is 0. The fourth-order valence-corrected chi connectivity index (χ4v) is 0.551. The third kappa shape index (κ3) is 9.60. The molecular weight excluding hydrogens is 238 g/mol. The molecule has 0 saturated carbocycles. The predicted octanol–water partition coefficient (Wildman–Crippen LogP) is 2.84. The second-order valence-corrected chi connectivity index (χ2v) is 5.80. The van der Waals surface area contributed by atoms with Gasteiger partial charge in [-0.05, 0) is 18.6 Å². The van der Waals surface area contributed by atoms with Gasteiger partial charge in [-0.3, -0.25) is 0 Å². The summed E-state index contributed by atoms with van der Waals surface area (Å²) in [6.07, 6.45) is 0. The molecule has 0 atom stereocenters. The Balaban J connectivity index is 0.000000252. The van der Waals surface area contributed by atoms with E-state index in [0.29, 0.717) is 5.56 Å². The quantitative estimate of drug-likeness (QED) is 0.658. The van der Waals surface area contributed by atoms with Crippen molar-refractivity contribution < 1.29 is 12.8 Å². The first-order valence-electron chi connectivity index (χ1n) is 3.16. The molecule has 74 valence electrons. The molecule has 0 fully saturated rings. The van der Waals surface area contributed by atoms with Crippen molar-refractivity contribution in [1.29, 1.82) is 0 Å². The summed E-state index contributed by atoms with van der Waals surface area (Å²) in [5.74, 6) is -0.132. The number of halogens is 3. The summed E-state index contributed by atoms with van der Waals surface area (Å²) in [5.41, 5.74) is 0.701. The molecule has 2 nitrogen and oxygen atoms in total. The zero-order valence-electron chi connectivity index (χ0n) is 6.67. The Morgan fingerprint density at radius 2 is 1.62 bits per heavy atom. The van der Waals surface area contributed by atoms with Crippen LogP contribution in [0, 0.1) is 12.7 Å². The molecular formula is C7H7Cl2FO2S. The molecule has 0 aliphatic rings. The Kier molecular flexibility index (Phi) is 5.29. The van der Waals surface area contributed by atoms with Crippen LogP contribution in [0.1, 0.15) is 5.56 Å². The van der Waals surface area contributed by atoms with Gasteiger partial charge in [0.1, 0.15) is 5.82 Å². The average molecular weight is 245 g/mol. The first kappa shape index (κ1) is 12.7. The van der Waals surface area contributed by atoms with Crippen LogP contribution in [0.15, 0.2) is 24.3 Å². The second kappa shape index (κ2) is 5.42. The van der Waals surface area contributed by atoms with E-state index in [9.17, 15) is 4.39 Å². The largest absolute Gasteiger partial charge is 0.317 e. The number of hydrogen-bond acceptors (Lipinski definition) is 2. The molecule has 0 aromatic heterocycles. The normalized spacial score (nSPS) is 10.2. The standard InChI is InChI=1S/C7H7F.Cl2O2S/c1-6-4-2-3-5-7(6)8;1-5(2,3)4/h2-5H,1H3;. The summed E-state index contributed by atoms with van der Waals surface area (Å²) in [5, 5.41) is 0. The lowest BCUT2D eigenvalue weighted by atomic mass is 10.2. The molecule has 1 aromatic rings. The first-order valence-corrected chi connectivity index (χ1v) is 6.29. The number of aryl methyl sites for hydroxylation is 1. The van der Waals surface area contributed by atoms with E-state index >= 15 is 0 Å². The van der Waals surface area contributed by atoms with Crippen LogP contribution < -0.4 is 0 Å². The van der Waals surface area contributed by atoms with E-state index in [1.165, 1.54) is 6.07 Å². The van der Waals surface area contributed by atoms with Crippen molar-refractivity contribution in [3.63, 3.8) is 0 Å². The highest BCUT2D eigenvalue weighted by Crippen LogP contribution is 2.02. The molecule has 0 spiro atoms. The van der Waals surface area contributed by atoms with E-state index in [-0.39, 0.29) is 5.82 Å². The number of rotatable bonds is 0. The van der Waals surface area contributed by atoms with Crippen LogP contribution in [-0.2, 0) is 8.26 Å². The van der Waals surface area contributed by atoms with Gasteiger partial charge in [-0.2, -0.15) is 8.42 Å². The molecule has 0 heterocycles. The minimum Gasteiger partial charge on any atom is -0.207 e. The zero-order chi connectivity index (χ0) is 10.5. The van der Waals surface area contributed by atoms with Crippen molar-refractivity contribution in [2.24, 2.45) is 0 Å². The van der Waals surface area contributed by atoms with E-state index in [0.717, 1.165) is 0 Å². The van der Waals surface area contributed by atoms with E-state index in [2.05, 4.69) is 21.4 Å². The van der Waals surface area contributed by atoms with E-state index < -0.39 is 8.26 Å². The third-order valence-corrected chi connectivity index (χ3v) is 1.08. The van der Waals surface area contributed by atoms with Gasteiger partial charge in [0.05, 0.1) is 0 Å². The van der Waals surface area contributed by atoms with E-state index in [1.54, 1.807) is 19.1 Å². The Bertz CT molecular complexity index is 336. The smallest absolute Gasteiger partial charge is 0.207 e. The first-order chi connectivity index (χ1) is 5.80. The minimum absolute atomic E-state index is 0.132. The van der Waals surface area contributed by atoms with E-state index in [1.807, 2.05) is 6.07 Å². The van der Waals surface area contributed by atoms with Gasteiger partial charge in [0.2, 0.25) is 0 Å². The molecule has 13 heavy (non-hydrogen) atoms. The van der Waals surface area contributed by atoms with Gasteiger partial charge < -0.3 is 0 Å². The predicted molar refractivity (Wildman–Crippen MR) is 51.8 cm³/mol. The lowest BCUT2D eigenvalue weighted by Crippen LogP contribution is -1.76. The molecule has 0 amide bonds. The lowest BCUT2D eigenvalue weighted by molar-refractivity contribution is 0.618. The third-order valence-electron chi connectivity index (χ3n) is 1.08. The van der Waals surface area contributed by atoms with Crippen LogP contribution in [0.25, 0.3) is 0 Å². The summed E-state index contributed by atoms with van der Waals surface area (Å²) in [6.45, 7) is 1.75. The second-order valence-electron chi connectivity index (χ2n) is 2.13. The van der Waals surface area contributed by atoms with Crippen molar-refractivity contribution in [3.8, 4) is 0 Å². The van der Waals surface area contributed by atoms with Crippen LogP contribution in [0.3, 0.4) is 0 Å². The molecule has 0 N–H and O–H groups in total. The van der Waals surface area contributed by atoms with Crippen LogP contribution >= 0.6 is 21.4 Å². The van der Waals surface area contributed by atoms with Crippen LogP contribution in [-0.4, -0.2) is 8.42 Å². The molecule has 0 aliphatic carbocycles. The van der Waals surface area contributed by atoms with Crippen LogP contribution in [0.5, 0.6) is 0 Å². The van der Waals surface area contributed by atoms with Crippen molar-refractivity contribution in [2.75, 3.05) is 0 Å². The highest BCUT2D eigenvalue weighted by Gasteiger charge is 1.89. The lowest BCUT2D eigenvalue weighted by Gasteiger charge is -1.89. The Morgan fingerprint density at radius 1 is 1.23 bits per heavy atom. The van der Waals surface area contributed by atoms with Gasteiger partial charge in [-0.25, -0.2) is 4.39 Å². The van der Waals surface area contributed by atoms with Crippen molar-refractivity contribution in [3.05, 3.63) is 35.6 Å². The fourth-order valence-electron chi connectivity index (χ4n) is 0.551. The summed E-state index contributed by atoms with van der Waals surface area (Å²) in [6, 6.07) is 6.70. The summed E-state index contributed by atoms with van der Waals surface area (Å²) in [4.78, 5) is 0. The SMILES string of the molecule is Cc1ccccc1F.O=S(=O)(Cl)Cl. The average Bonchev–Trinajstić information content (AvgIpc) is 1.92. The molecule has 0 aliphatic heterocycles. The summed E-state index contributed by atoms with van der Waals surface area (Å²) < 4.78 is 30.6. The van der Waals surface area contributed by atoms with Crippen molar-refractivity contribution in [1.82, 2.24) is 0 Å². The van der Waals surface area contributed by atoms with Gasteiger partial charge in [-0.15, -0.1) is 0 Å². The van der Waals surface area contributed by atoms with Gasteiger partial charge >= 0.3 is 8.26 Å². The molecule has 0 saturated heterocycles. The number of benzene rings is 1. The van der Waals surface area contributed by atoms with Gasteiger partial charge in [0.15, 0.2) is 0 Å². The minimum atomic E-state index is -3.72. The van der Waals surface area contributed by atoms with Crippen molar-refractivity contribution >= 4 is 29.6 Å². The molecule has 0 unspecified atom stereocenters. The molecule has 1 aromatic carbocycles. The molecule has 1 rings (SSSR count). The molecule has 0 bridgehead atoms. The Labute approximate surface area is 85.2 Å². The maximum absolute atomic E-state index is 12.3. The van der Waals surface area contributed by atoms with Gasteiger partial charge in [-0.1, -0.05) is 18.2 Å². The van der Waals surface area contributed by atoms with Crippen molar-refractivity contribution in [2.45, 2.75) is 6.92 Å². The maximum Gasteiger partial charge on any atom is 0.317 e. The Hall–Kier alpha value is -0.320. The highest BCUT2D eigenvalue weighted by atomic mass is 36.0. The number of hydrogen-bond donors (Lipinski definition) is 0. The van der Waals surface area contributed by atoms with Crippen LogP contribution in [0.2, 0.25) is 0 Å².